The van der Waals surface area contributed by atoms with Gasteiger partial charge in [-0.25, -0.2) is 5.10 Å². The fourth-order valence-electron chi connectivity index (χ4n) is 4.05. The van der Waals surface area contributed by atoms with Crippen molar-refractivity contribution in [2.75, 3.05) is 6.54 Å². The van der Waals surface area contributed by atoms with Gasteiger partial charge in [-0.15, -0.1) is 0 Å². The summed E-state index contributed by atoms with van der Waals surface area (Å²) in [6, 6.07) is 15.8. The third-order valence-electron chi connectivity index (χ3n) is 5.39. The summed E-state index contributed by atoms with van der Waals surface area (Å²) in [6.45, 7) is 2.76. The Kier molecular flexibility index (Phi) is 4.75. The quantitative estimate of drug-likeness (QED) is 0.775. The van der Waals surface area contributed by atoms with Crippen LogP contribution in [0.25, 0.3) is 10.8 Å². The Morgan fingerprint density at radius 2 is 1.81 bits per heavy atom. The monoisotopic (exact) mass is 361 g/mol. The van der Waals surface area contributed by atoms with E-state index < -0.39 is 0 Å². The van der Waals surface area contributed by atoms with Crippen LogP contribution >= 0.6 is 0 Å². The maximum Gasteiger partial charge on any atom is 0.275 e. The van der Waals surface area contributed by atoms with Crippen LogP contribution in [0.5, 0.6) is 0 Å². The van der Waals surface area contributed by atoms with Crippen molar-refractivity contribution in [3.63, 3.8) is 0 Å². The van der Waals surface area contributed by atoms with Crippen molar-refractivity contribution in [2.45, 2.75) is 38.6 Å². The van der Waals surface area contributed by atoms with Crippen LogP contribution in [-0.2, 0) is 12.8 Å². The molecule has 0 spiro atoms. The maximum atomic E-state index is 13.4. The van der Waals surface area contributed by atoms with Crippen LogP contribution in [0.1, 0.15) is 41.4 Å². The Bertz CT molecular complexity index is 1040. The van der Waals surface area contributed by atoms with Crippen LogP contribution in [-0.4, -0.2) is 33.6 Å². The molecule has 0 saturated carbocycles. The number of nitrogens with zero attached hydrogens (tertiary/aromatic N) is 2. The molecule has 0 aliphatic heterocycles. The second kappa shape index (κ2) is 7.35. The minimum Gasteiger partial charge on any atom is -0.334 e. The number of aromatic amines is 1. The zero-order valence-electron chi connectivity index (χ0n) is 15.4. The van der Waals surface area contributed by atoms with Crippen molar-refractivity contribution < 1.29 is 4.79 Å². The third kappa shape index (κ3) is 3.25. The summed E-state index contributed by atoms with van der Waals surface area (Å²) in [7, 11) is 0. The molecule has 0 fully saturated rings. The smallest absolute Gasteiger partial charge is 0.275 e. The van der Waals surface area contributed by atoms with Gasteiger partial charge in [0.25, 0.3) is 11.5 Å². The van der Waals surface area contributed by atoms with Gasteiger partial charge in [-0.3, -0.25) is 9.59 Å². The highest BCUT2D eigenvalue weighted by molar-refractivity contribution is 6.04. The summed E-state index contributed by atoms with van der Waals surface area (Å²) in [5, 5.41) is 7.72. The zero-order chi connectivity index (χ0) is 18.8. The van der Waals surface area contributed by atoms with Crippen molar-refractivity contribution in [3.8, 4) is 0 Å². The van der Waals surface area contributed by atoms with Crippen LogP contribution in [0.4, 0.5) is 0 Å². The van der Waals surface area contributed by atoms with Gasteiger partial charge in [0, 0.05) is 18.0 Å². The van der Waals surface area contributed by atoms with E-state index in [4.69, 9.17) is 0 Å². The number of benzene rings is 2. The molecule has 27 heavy (non-hydrogen) atoms. The van der Waals surface area contributed by atoms with E-state index in [1.54, 1.807) is 18.2 Å². The van der Waals surface area contributed by atoms with Gasteiger partial charge in [-0.1, -0.05) is 49.4 Å². The minimum atomic E-state index is -0.268. The van der Waals surface area contributed by atoms with E-state index in [2.05, 4.69) is 41.4 Å². The predicted octanol–water partition coefficient (Wildman–Crippen LogP) is 3.33. The largest absolute Gasteiger partial charge is 0.334 e. The van der Waals surface area contributed by atoms with E-state index in [1.165, 1.54) is 11.1 Å². The molecule has 3 aromatic rings. The Balaban J connectivity index is 1.70. The summed E-state index contributed by atoms with van der Waals surface area (Å²) in [5.41, 5.74) is 2.76. The van der Waals surface area contributed by atoms with Crippen molar-refractivity contribution in [1.82, 2.24) is 15.1 Å². The van der Waals surface area contributed by atoms with Crippen LogP contribution in [0.2, 0.25) is 0 Å². The van der Waals surface area contributed by atoms with Gasteiger partial charge < -0.3 is 4.90 Å². The van der Waals surface area contributed by atoms with Gasteiger partial charge in [0.2, 0.25) is 0 Å². The van der Waals surface area contributed by atoms with Gasteiger partial charge in [-0.2, -0.15) is 5.10 Å². The molecule has 0 radical (unpaired) electrons. The SMILES string of the molecule is CCCN(C(=O)c1n[nH]c(=O)c2ccccc12)C1CCc2ccccc2C1. The molecule has 1 N–H and O–H groups in total. The Labute approximate surface area is 158 Å². The van der Waals surface area contributed by atoms with Crippen molar-refractivity contribution in [1.29, 1.82) is 0 Å². The first-order valence-electron chi connectivity index (χ1n) is 9.54. The van der Waals surface area contributed by atoms with Crippen molar-refractivity contribution in [3.05, 3.63) is 75.7 Å². The van der Waals surface area contributed by atoms with E-state index >= 15 is 0 Å². The molecule has 5 nitrogen and oxygen atoms in total. The molecule has 1 unspecified atom stereocenters. The van der Waals surface area contributed by atoms with Gasteiger partial charge in [0.05, 0.1) is 5.39 Å². The lowest BCUT2D eigenvalue weighted by atomic mass is 9.87. The van der Waals surface area contributed by atoms with E-state index in [0.29, 0.717) is 23.0 Å². The van der Waals surface area contributed by atoms with Crippen LogP contribution < -0.4 is 5.56 Å². The molecular formula is C22H23N3O2. The molecule has 0 bridgehead atoms. The lowest BCUT2D eigenvalue weighted by Gasteiger charge is -2.35. The fraction of sp³-hybridized carbons (Fsp3) is 0.318. The number of hydrogen-bond donors (Lipinski definition) is 1. The lowest BCUT2D eigenvalue weighted by molar-refractivity contribution is 0.0656. The number of H-pyrrole nitrogens is 1. The number of nitrogens with one attached hydrogen (secondary N) is 1. The van der Waals surface area contributed by atoms with Gasteiger partial charge in [0.15, 0.2) is 5.69 Å². The molecule has 1 aliphatic carbocycles. The summed E-state index contributed by atoms with van der Waals surface area (Å²) in [6.07, 6.45) is 3.67. The number of amides is 1. The van der Waals surface area contributed by atoms with Gasteiger partial charge >= 0.3 is 0 Å². The topological polar surface area (TPSA) is 66.1 Å². The number of aryl methyl sites for hydroxylation is 1. The summed E-state index contributed by atoms with van der Waals surface area (Å²) < 4.78 is 0. The van der Waals surface area contributed by atoms with Crippen molar-refractivity contribution in [2.24, 2.45) is 0 Å². The highest BCUT2D eigenvalue weighted by Crippen LogP contribution is 2.26. The third-order valence-corrected chi connectivity index (χ3v) is 5.39. The summed E-state index contributed by atoms with van der Waals surface area (Å²) in [5.74, 6) is -0.103. The van der Waals surface area contributed by atoms with Gasteiger partial charge in [-0.05, 0) is 42.9 Å². The number of hydrogen-bond acceptors (Lipinski definition) is 3. The average molecular weight is 361 g/mol. The first-order valence-corrected chi connectivity index (χ1v) is 9.54. The molecule has 4 rings (SSSR count). The van der Waals surface area contributed by atoms with Crippen LogP contribution in [0, 0.1) is 0 Å². The molecular weight excluding hydrogens is 338 g/mol. The molecule has 1 aromatic heterocycles. The standard InChI is InChI=1S/C22H23N3O2/c1-2-13-25(17-12-11-15-7-3-4-8-16(15)14-17)22(27)20-18-9-5-6-10-19(18)21(26)24-23-20/h3-10,17H,2,11-14H2,1H3,(H,24,26). The average Bonchev–Trinajstić information content (AvgIpc) is 2.72. The van der Waals surface area contributed by atoms with Gasteiger partial charge in [0.1, 0.15) is 0 Å². The van der Waals surface area contributed by atoms with E-state index in [0.717, 1.165) is 25.7 Å². The molecule has 1 atom stereocenters. The van der Waals surface area contributed by atoms with E-state index in [1.807, 2.05) is 11.0 Å². The number of aromatic nitrogens is 2. The van der Waals surface area contributed by atoms with E-state index in [-0.39, 0.29) is 17.5 Å². The Morgan fingerprint density at radius 1 is 1.11 bits per heavy atom. The molecule has 1 heterocycles. The highest BCUT2D eigenvalue weighted by Gasteiger charge is 2.29. The number of carbonyl (C=O) groups excluding carboxylic acids is 1. The molecule has 1 amide bonds. The number of rotatable bonds is 4. The fourth-order valence-corrected chi connectivity index (χ4v) is 4.05. The van der Waals surface area contributed by atoms with E-state index in [9.17, 15) is 9.59 Å². The molecule has 1 aliphatic rings. The maximum absolute atomic E-state index is 13.4. The normalized spacial score (nSPS) is 16.1. The Morgan fingerprint density at radius 3 is 2.59 bits per heavy atom. The van der Waals surface area contributed by atoms with Crippen LogP contribution in [0.3, 0.4) is 0 Å². The highest BCUT2D eigenvalue weighted by atomic mass is 16.2. The first kappa shape index (κ1) is 17.5. The second-order valence-corrected chi connectivity index (χ2v) is 7.11. The number of carbonyl (C=O) groups is 1. The number of fused-ring (bicyclic) bond motifs is 2. The lowest BCUT2D eigenvalue weighted by Crippen LogP contribution is -2.44. The minimum absolute atomic E-state index is 0.103. The Hall–Kier alpha value is -2.95. The van der Waals surface area contributed by atoms with Crippen molar-refractivity contribution >= 4 is 16.7 Å². The molecule has 138 valence electrons. The predicted molar refractivity (Wildman–Crippen MR) is 106 cm³/mol. The second-order valence-electron chi connectivity index (χ2n) is 7.11. The first-order chi connectivity index (χ1) is 13.2. The molecule has 0 saturated heterocycles. The summed E-state index contributed by atoms with van der Waals surface area (Å²) in [4.78, 5) is 27.4. The molecule has 2 aromatic carbocycles. The summed E-state index contributed by atoms with van der Waals surface area (Å²) >= 11 is 0. The zero-order valence-corrected chi connectivity index (χ0v) is 15.4. The van der Waals surface area contributed by atoms with Crippen LogP contribution in [0.15, 0.2) is 53.3 Å². The molecule has 5 heteroatoms.